The fourth-order valence-corrected chi connectivity index (χ4v) is 5.40. The lowest BCUT2D eigenvalue weighted by Gasteiger charge is -2.37. The Hall–Kier alpha value is -3.85. The van der Waals surface area contributed by atoms with Crippen molar-refractivity contribution in [3.8, 4) is 11.5 Å². The molecule has 4 aromatic rings. The first-order chi connectivity index (χ1) is 19.2. The lowest BCUT2D eigenvalue weighted by molar-refractivity contribution is -0.145. The SMILES string of the molecule is CCC(C)(CC)C(=O)Oc1ccc(C(c2ccccc2)(c2ccccc2)c2ccc(OC(C)C)c(C)c2)cc1C. The van der Waals surface area contributed by atoms with Crippen LogP contribution < -0.4 is 9.47 Å². The molecule has 208 valence electrons. The third kappa shape index (κ3) is 5.56. The molecule has 0 saturated carbocycles. The van der Waals surface area contributed by atoms with Gasteiger partial charge in [0.2, 0.25) is 0 Å². The van der Waals surface area contributed by atoms with Gasteiger partial charge in [0, 0.05) is 0 Å². The van der Waals surface area contributed by atoms with Crippen LogP contribution in [0.5, 0.6) is 11.5 Å². The van der Waals surface area contributed by atoms with Crippen LogP contribution in [0, 0.1) is 19.3 Å². The summed E-state index contributed by atoms with van der Waals surface area (Å²) in [5.41, 5.74) is 5.48. The fraction of sp³-hybridized carbons (Fsp3) is 0.324. The lowest BCUT2D eigenvalue weighted by Crippen LogP contribution is -2.32. The van der Waals surface area contributed by atoms with Gasteiger partial charge >= 0.3 is 5.97 Å². The highest BCUT2D eigenvalue weighted by molar-refractivity contribution is 5.79. The van der Waals surface area contributed by atoms with Gasteiger partial charge in [0.25, 0.3) is 0 Å². The molecule has 0 aliphatic heterocycles. The van der Waals surface area contributed by atoms with Crippen molar-refractivity contribution in [1.29, 1.82) is 0 Å². The molecule has 0 unspecified atom stereocenters. The zero-order valence-electron chi connectivity index (χ0n) is 25.0. The van der Waals surface area contributed by atoms with Crippen molar-refractivity contribution in [2.24, 2.45) is 5.41 Å². The number of carbonyl (C=O) groups excluding carboxylic acids is 1. The van der Waals surface area contributed by atoms with Gasteiger partial charge in [0.15, 0.2) is 0 Å². The third-order valence-electron chi connectivity index (χ3n) is 8.25. The number of ether oxygens (including phenoxy) is 2. The number of esters is 1. The molecule has 0 aromatic heterocycles. The Morgan fingerprint density at radius 3 is 1.52 bits per heavy atom. The number of carbonyl (C=O) groups is 1. The average Bonchev–Trinajstić information content (AvgIpc) is 2.96. The Bertz CT molecular complexity index is 1390. The second-order valence-corrected chi connectivity index (χ2v) is 11.3. The van der Waals surface area contributed by atoms with Gasteiger partial charge in [-0.1, -0.05) is 98.8 Å². The van der Waals surface area contributed by atoms with Gasteiger partial charge in [-0.05, 0) is 93.0 Å². The molecule has 0 bridgehead atoms. The second kappa shape index (κ2) is 12.1. The zero-order valence-corrected chi connectivity index (χ0v) is 25.0. The Labute approximate surface area is 240 Å². The monoisotopic (exact) mass is 534 g/mol. The van der Waals surface area contributed by atoms with Crippen LogP contribution in [0.1, 0.15) is 80.8 Å². The molecule has 0 fully saturated rings. The van der Waals surface area contributed by atoms with Gasteiger partial charge in [0.05, 0.1) is 16.9 Å². The van der Waals surface area contributed by atoms with Crippen molar-refractivity contribution >= 4 is 5.97 Å². The van der Waals surface area contributed by atoms with Crippen LogP contribution in [0.3, 0.4) is 0 Å². The van der Waals surface area contributed by atoms with Crippen LogP contribution in [0.15, 0.2) is 97.1 Å². The number of rotatable bonds is 10. The van der Waals surface area contributed by atoms with Crippen molar-refractivity contribution < 1.29 is 14.3 Å². The van der Waals surface area contributed by atoms with Crippen LogP contribution in [-0.2, 0) is 10.2 Å². The summed E-state index contributed by atoms with van der Waals surface area (Å²) >= 11 is 0. The van der Waals surface area contributed by atoms with Crippen molar-refractivity contribution in [3.05, 3.63) is 130 Å². The first-order valence-corrected chi connectivity index (χ1v) is 14.4. The summed E-state index contributed by atoms with van der Waals surface area (Å²) in [5, 5.41) is 0. The highest BCUT2D eigenvalue weighted by atomic mass is 16.5. The summed E-state index contributed by atoms with van der Waals surface area (Å²) in [4.78, 5) is 13.1. The van der Waals surface area contributed by atoms with E-state index in [1.165, 1.54) is 0 Å². The zero-order chi connectivity index (χ0) is 28.9. The maximum atomic E-state index is 13.1. The number of aryl methyl sites for hydroxylation is 2. The quantitative estimate of drug-likeness (QED) is 0.116. The van der Waals surface area contributed by atoms with E-state index in [-0.39, 0.29) is 12.1 Å². The Morgan fingerprint density at radius 1 is 0.675 bits per heavy atom. The van der Waals surface area contributed by atoms with Crippen molar-refractivity contribution in [2.45, 2.75) is 72.8 Å². The minimum atomic E-state index is -0.599. The largest absolute Gasteiger partial charge is 0.491 e. The van der Waals surface area contributed by atoms with Gasteiger partial charge in [0.1, 0.15) is 11.5 Å². The molecule has 3 nitrogen and oxygen atoms in total. The Balaban J connectivity index is 1.95. The van der Waals surface area contributed by atoms with Crippen molar-refractivity contribution in [2.75, 3.05) is 0 Å². The maximum absolute atomic E-state index is 13.1. The van der Waals surface area contributed by atoms with E-state index in [0.29, 0.717) is 5.75 Å². The van der Waals surface area contributed by atoms with Gasteiger partial charge in [-0.2, -0.15) is 0 Å². The van der Waals surface area contributed by atoms with E-state index < -0.39 is 10.8 Å². The molecule has 40 heavy (non-hydrogen) atoms. The summed E-state index contributed by atoms with van der Waals surface area (Å²) in [5.74, 6) is 1.32. The maximum Gasteiger partial charge on any atom is 0.317 e. The smallest absolute Gasteiger partial charge is 0.317 e. The highest BCUT2D eigenvalue weighted by Gasteiger charge is 2.39. The molecule has 0 heterocycles. The van der Waals surface area contributed by atoms with E-state index in [1.807, 2.05) is 47.6 Å². The van der Waals surface area contributed by atoms with E-state index in [0.717, 1.165) is 52.0 Å². The molecule has 0 saturated heterocycles. The second-order valence-electron chi connectivity index (χ2n) is 11.3. The highest BCUT2D eigenvalue weighted by Crippen LogP contribution is 2.47. The minimum absolute atomic E-state index is 0.0951. The van der Waals surface area contributed by atoms with Crippen molar-refractivity contribution in [1.82, 2.24) is 0 Å². The predicted molar refractivity (Wildman–Crippen MR) is 164 cm³/mol. The summed E-state index contributed by atoms with van der Waals surface area (Å²) in [7, 11) is 0. The summed E-state index contributed by atoms with van der Waals surface area (Å²) in [6.07, 6.45) is 1.57. The molecule has 4 aromatic carbocycles. The number of benzene rings is 4. The summed E-state index contributed by atoms with van der Waals surface area (Å²) in [6, 6.07) is 34.0. The van der Waals surface area contributed by atoms with Gasteiger partial charge < -0.3 is 9.47 Å². The first kappa shape index (κ1) is 29.1. The Morgan fingerprint density at radius 2 is 1.12 bits per heavy atom. The molecule has 0 N–H and O–H groups in total. The number of hydrogen-bond donors (Lipinski definition) is 0. The Kier molecular flexibility index (Phi) is 8.83. The van der Waals surface area contributed by atoms with Gasteiger partial charge in [-0.15, -0.1) is 0 Å². The lowest BCUT2D eigenvalue weighted by atomic mass is 9.64. The third-order valence-corrected chi connectivity index (χ3v) is 8.25. The van der Waals surface area contributed by atoms with Gasteiger partial charge in [-0.3, -0.25) is 4.79 Å². The molecule has 0 amide bonds. The molecule has 0 radical (unpaired) electrons. The van der Waals surface area contributed by atoms with Crippen LogP contribution in [0.25, 0.3) is 0 Å². The minimum Gasteiger partial charge on any atom is -0.491 e. The molecule has 0 spiro atoms. The summed E-state index contributed by atoms with van der Waals surface area (Å²) in [6.45, 7) is 14.3. The van der Waals surface area contributed by atoms with Crippen LogP contribution in [-0.4, -0.2) is 12.1 Å². The molecule has 0 atom stereocenters. The van der Waals surface area contributed by atoms with Crippen molar-refractivity contribution in [3.63, 3.8) is 0 Å². The van der Waals surface area contributed by atoms with E-state index in [9.17, 15) is 4.79 Å². The normalized spacial score (nSPS) is 11.9. The summed E-state index contributed by atoms with van der Waals surface area (Å²) < 4.78 is 12.1. The average molecular weight is 535 g/mol. The van der Waals surface area contributed by atoms with Crippen LogP contribution in [0.4, 0.5) is 0 Å². The molecule has 0 aliphatic carbocycles. The van der Waals surface area contributed by atoms with E-state index in [4.69, 9.17) is 9.47 Å². The molecular formula is C37H42O3. The fourth-order valence-electron chi connectivity index (χ4n) is 5.40. The van der Waals surface area contributed by atoms with E-state index >= 15 is 0 Å². The molecular weight excluding hydrogens is 492 g/mol. The van der Waals surface area contributed by atoms with Crippen LogP contribution >= 0.6 is 0 Å². The van der Waals surface area contributed by atoms with Gasteiger partial charge in [-0.25, -0.2) is 0 Å². The van der Waals surface area contributed by atoms with E-state index in [2.05, 4.69) is 97.9 Å². The van der Waals surface area contributed by atoms with Crippen LogP contribution in [0.2, 0.25) is 0 Å². The standard InChI is InChI=1S/C37H42O3/c1-8-36(7,9-2)35(38)40-34-23-21-32(25-28(34)6)37(29-16-12-10-13-17-29,30-18-14-11-15-19-30)31-20-22-33(27(5)24-31)39-26(3)4/h10-26H,8-9H2,1-7H3. The topological polar surface area (TPSA) is 35.5 Å². The predicted octanol–water partition coefficient (Wildman–Crippen LogP) is 9.21. The number of hydrogen-bond acceptors (Lipinski definition) is 3. The molecule has 0 aliphatic rings. The molecule has 3 heteroatoms. The van der Waals surface area contributed by atoms with E-state index in [1.54, 1.807) is 0 Å². The molecule has 4 rings (SSSR count). The first-order valence-electron chi connectivity index (χ1n) is 14.4.